The molecule has 0 bridgehead atoms. The normalized spacial score (nSPS) is 11.9. The van der Waals surface area contributed by atoms with Crippen molar-refractivity contribution in [1.82, 2.24) is 10.4 Å². The zero-order valence-electron chi connectivity index (χ0n) is 8.49. The molecular weight excluding hydrogens is 186 g/mol. The minimum Gasteiger partial charge on any atom is -0.368 e. The summed E-state index contributed by atoms with van der Waals surface area (Å²) in [4.78, 5) is 23.4. The number of rotatable bonds is 5. The number of urea groups is 1. The van der Waals surface area contributed by atoms with E-state index in [0.29, 0.717) is 13.0 Å². The number of amides is 3. The Labute approximate surface area is 83.0 Å². The summed E-state index contributed by atoms with van der Waals surface area (Å²) in [6, 6.07) is -1.36. The first-order chi connectivity index (χ1) is 6.58. The van der Waals surface area contributed by atoms with Crippen molar-refractivity contribution < 1.29 is 14.8 Å². The van der Waals surface area contributed by atoms with Gasteiger partial charge in [0.25, 0.3) is 0 Å². The summed E-state index contributed by atoms with van der Waals surface area (Å²) in [5.74, 6) is -0.558. The van der Waals surface area contributed by atoms with Gasteiger partial charge in [-0.25, -0.2) is 10.3 Å². The minimum absolute atomic E-state index is 0.319. The lowest BCUT2D eigenvalue weighted by molar-refractivity contribution is -0.122. The number of nitrogens with two attached hydrogens (primary N) is 1. The van der Waals surface area contributed by atoms with Crippen molar-refractivity contribution in [3.8, 4) is 0 Å². The van der Waals surface area contributed by atoms with Crippen LogP contribution in [0.1, 0.15) is 26.7 Å². The molecule has 0 aliphatic carbocycles. The number of primary amides is 1. The molecule has 82 valence electrons. The van der Waals surface area contributed by atoms with Crippen LogP contribution in [0.5, 0.6) is 0 Å². The van der Waals surface area contributed by atoms with E-state index in [1.165, 1.54) is 10.4 Å². The van der Waals surface area contributed by atoms with Crippen molar-refractivity contribution >= 4 is 11.9 Å². The summed E-state index contributed by atoms with van der Waals surface area (Å²) < 4.78 is 0. The van der Waals surface area contributed by atoms with Crippen LogP contribution >= 0.6 is 0 Å². The minimum atomic E-state index is -0.704. The van der Waals surface area contributed by atoms with Crippen molar-refractivity contribution in [2.24, 2.45) is 5.73 Å². The molecular formula is C8H17N3O3. The monoisotopic (exact) mass is 203 g/mol. The molecule has 4 N–H and O–H groups in total. The Morgan fingerprint density at radius 2 is 2.07 bits per heavy atom. The maximum atomic E-state index is 11.1. The van der Waals surface area contributed by atoms with E-state index < -0.39 is 18.0 Å². The van der Waals surface area contributed by atoms with Gasteiger partial charge in [0.15, 0.2) is 0 Å². The fourth-order valence-electron chi connectivity index (χ4n) is 1.29. The second-order valence-corrected chi connectivity index (χ2v) is 2.91. The molecule has 0 aliphatic rings. The average molecular weight is 203 g/mol. The summed E-state index contributed by atoms with van der Waals surface area (Å²) in [5.41, 5.74) is 6.64. The van der Waals surface area contributed by atoms with E-state index in [9.17, 15) is 9.59 Å². The highest BCUT2D eigenvalue weighted by atomic mass is 16.5. The van der Waals surface area contributed by atoms with Crippen LogP contribution in [0.15, 0.2) is 0 Å². The summed E-state index contributed by atoms with van der Waals surface area (Å²) in [7, 11) is 0. The Morgan fingerprint density at radius 1 is 1.50 bits per heavy atom. The van der Waals surface area contributed by atoms with E-state index in [1.54, 1.807) is 6.92 Å². The Morgan fingerprint density at radius 3 is 2.36 bits per heavy atom. The van der Waals surface area contributed by atoms with E-state index in [1.807, 2.05) is 6.92 Å². The summed E-state index contributed by atoms with van der Waals surface area (Å²) in [6.07, 6.45) is 1.24. The van der Waals surface area contributed by atoms with Crippen LogP contribution in [-0.4, -0.2) is 34.6 Å². The Hall–Kier alpha value is -1.30. The molecule has 0 unspecified atom stereocenters. The zero-order chi connectivity index (χ0) is 11.1. The third kappa shape index (κ3) is 3.21. The fourth-order valence-corrected chi connectivity index (χ4v) is 1.29. The molecule has 0 rings (SSSR count). The standard InChI is InChI=1S/C8H17N3O3/c1-3-5-6(7(9)12)11(4-2)8(13)10-14/h6,14H,3-5H2,1-2H3,(H2,9,12)(H,10,13)/t6-/m0/s1. The molecule has 0 saturated carbocycles. The van der Waals surface area contributed by atoms with E-state index in [4.69, 9.17) is 10.9 Å². The summed E-state index contributed by atoms with van der Waals surface area (Å²) in [6.45, 7) is 3.92. The molecule has 0 saturated heterocycles. The molecule has 6 heteroatoms. The van der Waals surface area contributed by atoms with Gasteiger partial charge < -0.3 is 10.6 Å². The van der Waals surface area contributed by atoms with Crippen molar-refractivity contribution in [2.45, 2.75) is 32.7 Å². The van der Waals surface area contributed by atoms with Gasteiger partial charge in [-0.1, -0.05) is 13.3 Å². The topological polar surface area (TPSA) is 95.7 Å². The van der Waals surface area contributed by atoms with E-state index in [2.05, 4.69) is 0 Å². The first-order valence-electron chi connectivity index (χ1n) is 4.58. The predicted molar refractivity (Wildman–Crippen MR) is 50.6 cm³/mol. The molecule has 0 aliphatic heterocycles. The third-order valence-electron chi connectivity index (χ3n) is 1.96. The lowest BCUT2D eigenvalue weighted by atomic mass is 10.1. The molecule has 1 atom stereocenters. The number of hydrogen-bond donors (Lipinski definition) is 3. The predicted octanol–water partition coefficient (Wildman–Crippen LogP) is 0.0611. The van der Waals surface area contributed by atoms with Crippen LogP contribution < -0.4 is 11.2 Å². The molecule has 0 aromatic carbocycles. The number of likely N-dealkylation sites (N-methyl/N-ethyl adjacent to an activating group) is 1. The molecule has 3 amide bonds. The van der Waals surface area contributed by atoms with Crippen molar-refractivity contribution in [1.29, 1.82) is 0 Å². The Bertz CT molecular complexity index is 208. The van der Waals surface area contributed by atoms with Crippen LogP contribution in [-0.2, 0) is 4.79 Å². The number of nitrogens with zero attached hydrogens (tertiary/aromatic N) is 1. The molecule has 6 nitrogen and oxygen atoms in total. The third-order valence-corrected chi connectivity index (χ3v) is 1.96. The Balaban J connectivity index is 4.57. The van der Waals surface area contributed by atoms with Gasteiger partial charge in [0.1, 0.15) is 6.04 Å². The van der Waals surface area contributed by atoms with Crippen LogP contribution in [0.3, 0.4) is 0 Å². The number of carbonyl (C=O) groups is 2. The lowest BCUT2D eigenvalue weighted by Gasteiger charge is -2.27. The SMILES string of the molecule is CCC[C@@H](C(N)=O)N(CC)C(=O)NO. The molecule has 0 radical (unpaired) electrons. The highest BCUT2D eigenvalue weighted by Gasteiger charge is 2.25. The van der Waals surface area contributed by atoms with Crippen LogP contribution in [0, 0.1) is 0 Å². The molecule has 0 aromatic heterocycles. The number of hydroxylamine groups is 1. The quantitative estimate of drug-likeness (QED) is 0.435. The zero-order valence-corrected chi connectivity index (χ0v) is 8.49. The van der Waals surface area contributed by atoms with Crippen molar-refractivity contribution in [2.75, 3.05) is 6.54 Å². The molecule has 0 spiro atoms. The summed E-state index contributed by atoms with van der Waals surface area (Å²) >= 11 is 0. The average Bonchev–Trinajstić information content (AvgIpc) is 2.16. The Kier molecular flexibility index (Phi) is 5.62. The smallest absolute Gasteiger partial charge is 0.341 e. The fraction of sp³-hybridized carbons (Fsp3) is 0.750. The summed E-state index contributed by atoms with van der Waals surface area (Å²) in [5, 5.41) is 8.44. The van der Waals surface area contributed by atoms with Gasteiger partial charge in [-0.05, 0) is 13.3 Å². The lowest BCUT2D eigenvalue weighted by Crippen LogP contribution is -2.50. The van der Waals surface area contributed by atoms with E-state index in [-0.39, 0.29) is 0 Å². The number of hydrogen-bond acceptors (Lipinski definition) is 3. The van der Waals surface area contributed by atoms with Crippen LogP contribution in [0.4, 0.5) is 4.79 Å². The van der Waals surface area contributed by atoms with E-state index >= 15 is 0 Å². The number of carbonyl (C=O) groups excluding carboxylic acids is 2. The highest BCUT2D eigenvalue weighted by molar-refractivity contribution is 5.85. The molecule has 0 aromatic rings. The second-order valence-electron chi connectivity index (χ2n) is 2.91. The second kappa shape index (κ2) is 6.20. The van der Waals surface area contributed by atoms with Gasteiger partial charge in [-0.2, -0.15) is 0 Å². The number of nitrogens with one attached hydrogen (secondary N) is 1. The first kappa shape index (κ1) is 12.7. The van der Waals surface area contributed by atoms with Crippen LogP contribution in [0.25, 0.3) is 0 Å². The van der Waals surface area contributed by atoms with Crippen LogP contribution in [0.2, 0.25) is 0 Å². The maximum absolute atomic E-state index is 11.1. The van der Waals surface area contributed by atoms with Crippen molar-refractivity contribution in [3.63, 3.8) is 0 Å². The molecule has 0 heterocycles. The molecule has 0 fully saturated rings. The first-order valence-corrected chi connectivity index (χ1v) is 4.58. The van der Waals surface area contributed by atoms with Gasteiger partial charge in [0.05, 0.1) is 0 Å². The largest absolute Gasteiger partial charge is 0.368 e. The van der Waals surface area contributed by atoms with Gasteiger partial charge in [0, 0.05) is 6.54 Å². The highest BCUT2D eigenvalue weighted by Crippen LogP contribution is 2.06. The van der Waals surface area contributed by atoms with Crippen molar-refractivity contribution in [3.05, 3.63) is 0 Å². The van der Waals surface area contributed by atoms with Gasteiger partial charge in [-0.15, -0.1) is 0 Å². The molecule has 14 heavy (non-hydrogen) atoms. The van der Waals surface area contributed by atoms with Gasteiger partial charge in [0.2, 0.25) is 5.91 Å². The van der Waals surface area contributed by atoms with Gasteiger partial charge in [-0.3, -0.25) is 10.0 Å². The maximum Gasteiger partial charge on any atom is 0.341 e. The van der Waals surface area contributed by atoms with Gasteiger partial charge >= 0.3 is 6.03 Å². The van der Waals surface area contributed by atoms with E-state index in [0.717, 1.165) is 6.42 Å².